The van der Waals surface area contributed by atoms with Gasteiger partial charge in [0, 0.05) is 10.6 Å². The van der Waals surface area contributed by atoms with Gasteiger partial charge in [0.05, 0.1) is 0 Å². The molecule has 2 N–H and O–H groups in total. The minimum Gasteiger partial charge on any atom is -0.479 e. The van der Waals surface area contributed by atoms with E-state index in [1.165, 1.54) is 6.07 Å². The van der Waals surface area contributed by atoms with Gasteiger partial charge in [0.2, 0.25) is 0 Å². The minimum absolute atomic E-state index is 0.0244. The topological polar surface area (TPSA) is 57.5 Å². The van der Waals surface area contributed by atoms with Crippen molar-refractivity contribution in [3.8, 4) is 0 Å². The van der Waals surface area contributed by atoms with Crippen molar-refractivity contribution in [2.45, 2.75) is 6.10 Å². The Hall–Kier alpha value is -1.13. The zero-order chi connectivity index (χ0) is 10.0. The first-order valence-corrected chi connectivity index (χ1v) is 3.76. The maximum atomic E-state index is 12.6. The van der Waals surface area contributed by atoms with E-state index in [1.807, 2.05) is 0 Å². The lowest BCUT2D eigenvalue weighted by molar-refractivity contribution is -0.146. The number of rotatable bonds is 2. The molecule has 0 spiro atoms. The van der Waals surface area contributed by atoms with E-state index < -0.39 is 17.9 Å². The van der Waals surface area contributed by atoms with E-state index in [0.29, 0.717) is 0 Å². The van der Waals surface area contributed by atoms with Crippen LogP contribution in [-0.4, -0.2) is 16.2 Å². The molecule has 13 heavy (non-hydrogen) atoms. The molecule has 0 aliphatic rings. The molecule has 0 unspecified atom stereocenters. The fourth-order valence-electron chi connectivity index (χ4n) is 0.857. The summed E-state index contributed by atoms with van der Waals surface area (Å²) in [5, 5.41) is 17.5. The third kappa shape index (κ3) is 2.17. The van der Waals surface area contributed by atoms with E-state index in [0.717, 1.165) is 12.1 Å². The first-order chi connectivity index (χ1) is 6.02. The third-order valence-corrected chi connectivity index (χ3v) is 1.83. The fourth-order valence-corrected chi connectivity index (χ4v) is 1.08. The third-order valence-electron chi connectivity index (χ3n) is 1.49. The highest BCUT2D eigenvalue weighted by molar-refractivity contribution is 6.31. The Bertz CT molecular complexity index is 340. The van der Waals surface area contributed by atoms with Crippen LogP contribution in [0.3, 0.4) is 0 Å². The second kappa shape index (κ2) is 3.72. The second-order valence-corrected chi connectivity index (χ2v) is 2.81. The van der Waals surface area contributed by atoms with Gasteiger partial charge in [0.25, 0.3) is 0 Å². The molecule has 1 aromatic carbocycles. The van der Waals surface area contributed by atoms with Crippen molar-refractivity contribution in [1.29, 1.82) is 0 Å². The van der Waals surface area contributed by atoms with E-state index in [2.05, 4.69) is 0 Å². The van der Waals surface area contributed by atoms with Crippen molar-refractivity contribution in [3.05, 3.63) is 34.6 Å². The largest absolute Gasteiger partial charge is 0.479 e. The predicted octanol–water partition coefficient (Wildman–Crippen LogP) is 1.60. The average molecular weight is 205 g/mol. The number of halogens is 2. The molecule has 1 rings (SSSR count). The Morgan fingerprint density at radius 1 is 1.54 bits per heavy atom. The second-order valence-electron chi connectivity index (χ2n) is 2.41. The highest BCUT2D eigenvalue weighted by Crippen LogP contribution is 2.23. The normalized spacial score (nSPS) is 12.5. The Morgan fingerprint density at radius 3 is 2.69 bits per heavy atom. The van der Waals surface area contributed by atoms with Crippen LogP contribution in [0.4, 0.5) is 4.39 Å². The van der Waals surface area contributed by atoms with Gasteiger partial charge in [-0.3, -0.25) is 0 Å². The van der Waals surface area contributed by atoms with Crippen LogP contribution in [0.25, 0.3) is 0 Å². The molecule has 0 bridgehead atoms. The minimum atomic E-state index is -1.79. The maximum absolute atomic E-state index is 12.6. The summed E-state index contributed by atoms with van der Waals surface area (Å²) in [4.78, 5) is 10.3. The van der Waals surface area contributed by atoms with Gasteiger partial charge in [-0.15, -0.1) is 0 Å². The standard InChI is InChI=1S/C8H6ClFO3/c9-6-2-1-4(10)3-5(6)7(11)8(12)13/h1-3,7,11H,(H,12,13)/t7-/m1/s1. The van der Waals surface area contributed by atoms with Gasteiger partial charge in [0.15, 0.2) is 6.10 Å². The summed E-state index contributed by atoms with van der Waals surface area (Å²) in [5.74, 6) is -2.10. The molecular weight excluding hydrogens is 199 g/mol. The molecule has 0 aromatic heterocycles. The van der Waals surface area contributed by atoms with Crippen LogP contribution >= 0.6 is 11.6 Å². The van der Waals surface area contributed by atoms with Gasteiger partial charge in [-0.1, -0.05) is 11.6 Å². The first-order valence-electron chi connectivity index (χ1n) is 3.38. The quantitative estimate of drug-likeness (QED) is 0.769. The zero-order valence-electron chi connectivity index (χ0n) is 6.37. The lowest BCUT2D eigenvalue weighted by Crippen LogP contribution is -2.11. The van der Waals surface area contributed by atoms with Gasteiger partial charge in [0.1, 0.15) is 5.82 Å². The summed E-state index contributed by atoms with van der Waals surface area (Å²) in [5.41, 5.74) is -0.144. The van der Waals surface area contributed by atoms with E-state index in [1.54, 1.807) is 0 Å². The molecule has 0 aliphatic carbocycles. The van der Waals surface area contributed by atoms with Crippen molar-refractivity contribution < 1.29 is 19.4 Å². The van der Waals surface area contributed by atoms with Crippen LogP contribution in [0.5, 0.6) is 0 Å². The number of benzene rings is 1. The number of hydrogen-bond donors (Lipinski definition) is 2. The van der Waals surface area contributed by atoms with Crippen LogP contribution < -0.4 is 0 Å². The summed E-state index contributed by atoms with van der Waals surface area (Å²) < 4.78 is 12.6. The molecule has 0 saturated heterocycles. The smallest absolute Gasteiger partial charge is 0.337 e. The number of carboxylic acids is 1. The van der Waals surface area contributed by atoms with Gasteiger partial charge in [-0.05, 0) is 18.2 Å². The number of carboxylic acid groups (broad SMARTS) is 1. The predicted molar refractivity (Wildman–Crippen MR) is 44.0 cm³/mol. The molecule has 0 saturated carbocycles. The fraction of sp³-hybridized carbons (Fsp3) is 0.125. The van der Waals surface area contributed by atoms with Gasteiger partial charge < -0.3 is 10.2 Å². The molecule has 0 radical (unpaired) electrons. The van der Waals surface area contributed by atoms with Crippen molar-refractivity contribution in [2.24, 2.45) is 0 Å². The summed E-state index contributed by atoms with van der Waals surface area (Å²) in [6.07, 6.45) is -1.79. The molecule has 1 aromatic rings. The number of aliphatic hydroxyl groups is 1. The van der Waals surface area contributed by atoms with Crippen molar-refractivity contribution in [3.63, 3.8) is 0 Å². The Balaban J connectivity index is 3.12. The van der Waals surface area contributed by atoms with Crippen LogP contribution in [0.2, 0.25) is 5.02 Å². The van der Waals surface area contributed by atoms with Crippen LogP contribution in [0.15, 0.2) is 18.2 Å². The molecular formula is C8H6ClFO3. The van der Waals surface area contributed by atoms with Crippen molar-refractivity contribution in [1.82, 2.24) is 0 Å². The zero-order valence-corrected chi connectivity index (χ0v) is 7.12. The number of hydrogen-bond acceptors (Lipinski definition) is 2. The van der Waals surface area contributed by atoms with Crippen LogP contribution in [-0.2, 0) is 4.79 Å². The SMILES string of the molecule is O=C(O)[C@H](O)c1cc(F)ccc1Cl. The van der Waals surface area contributed by atoms with E-state index in [-0.39, 0.29) is 10.6 Å². The van der Waals surface area contributed by atoms with E-state index in [9.17, 15) is 9.18 Å². The van der Waals surface area contributed by atoms with Crippen molar-refractivity contribution in [2.75, 3.05) is 0 Å². The number of carbonyl (C=O) groups is 1. The lowest BCUT2D eigenvalue weighted by atomic mass is 10.1. The Morgan fingerprint density at radius 2 is 2.15 bits per heavy atom. The molecule has 3 nitrogen and oxygen atoms in total. The highest BCUT2D eigenvalue weighted by Gasteiger charge is 2.19. The molecule has 0 heterocycles. The van der Waals surface area contributed by atoms with Crippen LogP contribution in [0.1, 0.15) is 11.7 Å². The van der Waals surface area contributed by atoms with Gasteiger partial charge >= 0.3 is 5.97 Å². The van der Waals surface area contributed by atoms with Gasteiger partial charge in [-0.25, -0.2) is 9.18 Å². The summed E-state index contributed by atoms with van der Waals surface area (Å²) in [6.45, 7) is 0. The molecule has 70 valence electrons. The van der Waals surface area contributed by atoms with E-state index >= 15 is 0 Å². The van der Waals surface area contributed by atoms with Crippen LogP contribution in [0, 0.1) is 5.82 Å². The summed E-state index contributed by atoms with van der Waals surface area (Å²) in [7, 11) is 0. The molecule has 5 heteroatoms. The summed E-state index contributed by atoms with van der Waals surface area (Å²) >= 11 is 5.55. The number of aliphatic carboxylic acids is 1. The maximum Gasteiger partial charge on any atom is 0.337 e. The number of aliphatic hydroxyl groups excluding tert-OH is 1. The van der Waals surface area contributed by atoms with E-state index in [4.69, 9.17) is 21.8 Å². The monoisotopic (exact) mass is 204 g/mol. The molecule has 1 atom stereocenters. The first kappa shape index (κ1) is 9.95. The molecule has 0 amide bonds. The van der Waals surface area contributed by atoms with Crippen molar-refractivity contribution >= 4 is 17.6 Å². The Labute approximate surface area is 78.4 Å². The molecule has 0 fully saturated rings. The lowest BCUT2D eigenvalue weighted by Gasteiger charge is -2.07. The highest BCUT2D eigenvalue weighted by atomic mass is 35.5. The Kier molecular flexibility index (Phi) is 2.85. The molecule has 0 aliphatic heterocycles. The summed E-state index contributed by atoms with van der Waals surface area (Å²) in [6, 6.07) is 3.17. The average Bonchev–Trinajstić information content (AvgIpc) is 2.08. The van der Waals surface area contributed by atoms with Gasteiger partial charge in [-0.2, -0.15) is 0 Å².